The van der Waals surface area contributed by atoms with E-state index in [1.165, 1.54) is 42.5 Å². The number of halogens is 1. The Morgan fingerprint density at radius 1 is 1.08 bits per heavy atom. The van der Waals surface area contributed by atoms with E-state index >= 15 is 0 Å². The zero-order valence-electron chi connectivity index (χ0n) is 12.5. The van der Waals surface area contributed by atoms with Crippen molar-refractivity contribution in [2.45, 2.75) is 6.42 Å². The number of para-hydroxylation sites is 1. The van der Waals surface area contributed by atoms with Crippen LogP contribution in [0.4, 0.5) is 15.8 Å². The lowest BCUT2D eigenvalue weighted by Crippen LogP contribution is -2.27. The molecule has 0 saturated heterocycles. The van der Waals surface area contributed by atoms with Crippen LogP contribution in [0.15, 0.2) is 48.5 Å². The predicted octanol–water partition coefficient (Wildman–Crippen LogP) is 2.49. The number of anilines is 1. The van der Waals surface area contributed by atoms with Gasteiger partial charge in [0.2, 0.25) is 5.91 Å². The van der Waals surface area contributed by atoms with Gasteiger partial charge in [0.05, 0.1) is 10.6 Å². The number of hydrogen-bond donors (Lipinski definition) is 2. The first-order valence-electron chi connectivity index (χ1n) is 7.04. The van der Waals surface area contributed by atoms with Crippen LogP contribution in [0.2, 0.25) is 0 Å². The van der Waals surface area contributed by atoms with E-state index in [0.29, 0.717) is 0 Å². The highest BCUT2D eigenvalue weighted by Gasteiger charge is 2.10. The number of nitrogens with one attached hydrogen (secondary N) is 2. The molecule has 2 amide bonds. The molecule has 0 aliphatic rings. The maximum atomic E-state index is 13.4. The van der Waals surface area contributed by atoms with E-state index in [1.54, 1.807) is 6.07 Å². The lowest BCUT2D eigenvalue weighted by molar-refractivity contribution is -0.384. The number of nitro groups is 1. The van der Waals surface area contributed by atoms with Crippen molar-refractivity contribution < 1.29 is 18.9 Å². The van der Waals surface area contributed by atoms with Gasteiger partial charge in [-0.25, -0.2) is 4.39 Å². The summed E-state index contributed by atoms with van der Waals surface area (Å²) in [7, 11) is 0. The fourth-order valence-electron chi connectivity index (χ4n) is 1.90. The van der Waals surface area contributed by atoms with Crippen molar-refractivity contribution in [3.05, 3.63) is 70.0 Å². The third-order valence-corrected chi connectivity index (χ3v) is 3.13. The number of hydrogen-bond acceptors (Lipinski definition) is 4. The summed E-state index contributed by atoms with van der Waals surface area (Å²) in [5.74, 6) is -1.44. The molecule has 0 aromatic heterocycles. The third-order valence-electron chi connectivity index (χ3n) is 3.13. The van der Waals surface area contributed by atoms with Crippen LogP contribution in [-0.2, 0) is 4.79 Å². The summed E-state index contributed by atoms with van der Waals surface area (Å²) < 4.78 is 13.4. The maximum Gasteiger partial charge on any atom is 0.269 e. The molecule has 0 heterocycles. The van der Waals surface area contributed by atoms with Crippen molar-refractivity contribution in [1.29, 1.82) is 0 Å². The number of benzene rings is 2. The van der Waals surface area contributed by atoms with Gasteiger partial charge in [0, 0.05) is 30.7 Å². The molecule has 0 saturated carbocycles. The summed E-state index contributed by atoms with van der Waals surface area (Å²) in [6.07, 6.45) is -0.0347. The van der Waals surface area contributed by atoms with Gasteiger partial charge in [-0.2, -0.15) is 0 Å². The smallest absolute Gasteiger partial charge is 0.269 e. The van der Waals surface area contributed by atoms with Gasteiger partial charge in [0.15, 0.2) is 0 Å². The van der Waals surface area contributed by atoms with Gasteiger partial charge >= 0.3 is 0 Å². The second-order valence-electron chi connectivity index (χ2n) is 4.84. The molecule has 2 rings (SSSR count). The molecule has 0 spiro atoms. The third kappa shape index (κ3) is 4.60. The van der Waals surface area contributed by atoms with Crippen LogP contribution in [0.25, 0.3) is 0 Å². The van der Waals surface area contributed by atoms with Crippen molar-refractivity contribution in [2.24, 2.45) is 0 Å². The number of nitrogens with zero attached hydrogens (tertiary/aromatic N) is 1. The minimum absolute atomic E-state index is 0.0347. The Labute approximate surface area is 136 Å². The molecule has 7 nitrogen and oxygen atoms in total. The van der Waals surface area contributed by atoms with Gasteiger partial charge in [-0.1, -0.05) is 12.1 Å². The Morgan fingerprint density at radius 3 is 2.38 bits per heavy atom. The molecule has 24 heavy (non-hydrogen) atoms. The van der Waals surface area contributed by atoms with Crippen LogP contribution in [0.5, 0.6) is 0 Å². The second kappa shape index (κ2) is 7.82. The monoisotopic (exact) mass is 331 g/mol. The van der Waals surface area contributed by atoms with Crippen molar-refractivity contribution in [3.8, 4) is 0 Å². The predicted molar refractivity (Wildman–Crippen MR) is 85.1 cm³/mol. The van der Waals surface area contributed by atoms with Gasteiger partial charge in [-0.3, -0.25) is 19.7 Å². The average molecular weight is 331 g/mol. The van der Waals surface area contributed by atoms with Gasteiger partial charge in [-0.15, -0.1) is 0 Å². The van der Waals surface area contributed by atoms with E-state index in [0.717, 1.165) is 0 Å². The molecule has 2 aromatic carbocycles. The number of carbonyl (C=O) groups excluding carboxylic acids is 2. The Morgan fingerprint density at radius 2 is 1.75 bits per heavy atom. The number of non-ortho nitro benzene ring substituents is 1. The molecule has 0 unspecified atom stereocenters. The van der Waals surface area contributed by atoms with Crippen LogP contribution in [0, 0.1) is 15.9 Å². The summed E-state index contributed by atoms with van der Waals surface area (Å²) in [5.41, 5.74) is 0.204. The minimum atomic E-state index is -0.561. The quantitative estimate of drug-likeness (QED) is 0.627. The summed E-state index contributed by atoms with van der Waals surface area (Å²) >= 11 is 0. The van der Waals surface area contributed by atoms with E-state index < -0.39 is 22.6 Å². The van der Waals surface area contributed by atoms with E-state index in [9.17, 15) is 24.1 Å². The van der Waals surface area contributed by atoms with Crippen LogP contribution in [0.3, 0.4) is 0 Å². The molecule has 2 N–H and O–H groups in total. The molecule has 0 bridgehead atoms. The van der Waals surface area contributed by atoms with E-state index in [4.69, 9.17) is 0 Å². The summed E-state index contributed by atoms with van der Waals surface area (Å²) in [4.78, 5) is 33.5. The average Bonchev–Trinajstić information content (AvgIpc) is 2.57. The molecule has 2 aromatic rings. The molecular formula is C16H14FN3O4. The van der Waals surface area contributed by atoms with Crippen LogP contribution in [-0.4, -0.2) is 23.3 Å². The van der Waals surface area contributed by atoms with Crippen LogP contribution >= 0.6 is 0 Å². The molecule has 0 atom stereocenters. The largest absolute Gasteiger partial charge is 0.352 e. The van der Waals surface area contributed by atoms with Crippen molar-refractivity contribution in [1.82, 2.24) is 5.32 Å². The zero-order chi connectivity index (χ0) is 17.5. The van der Waals surface area contributed by atoms with Gasteiger partial charge in [-0.05, 0) is 24.3 Å². The van der Waals surface area contributed by atoms with E-state index in [2.05, 4.69) is 10.6 Å². The zero-order valence-corrected chi connectivity index (χ0v) is 12.5. The normalized spacial score (nSPS) is 10.0. The fourth-order valence-corrected chi connectivity index (χ4v) is 1.90. The topological polar surface area (TPSA) is 101 Å². The molecule has 8 heteroatoms. The van der Waals surface area contributed by atoms with E-state index in [1.807, 2.05) is 0 Å². The first-order chi connectivity index (χ1) is 11.5. The summed E-state index contributed by atoms with van der Waals surface area (Å²) in [6.45, 7) is 0.0517. The Balaban J connectivity index is 1.81. The van der Waals surface area contributed by atoms with Crippen molar-refractivity contribution in [3.63, 3.8) is 0 Å². The van der Waals surface area contributed by atoms with Crippen molar-refractivity contribution >= 4 is 23.2 Å². The Bertz CT molecular complexity index is 762. The standard InChI is InChI=1S/C16H14FN3O4/c17-13-3-1-2-4-14(13)19-15(21)9-10-18-16(22)11-5-7-12(8-6-11)20(23)24/h1-8H,9-10H2,(H,18,22)(H,19,21). The summed E-state index contributed by atoms with van der Waals surface area (Å²) in [6, 6.07) is 10.9. The highest BCUT2D eigenvalue weighted by atomic mass is 19.1. The van der Waals surface area contributed by atoms with Gasteiger partial charge in [0.1, 0.15) is 5.82 Å². The number of rotatable bonds is 6. The molecule has 0 aliphatic heterocycles. The van der Waals surface area contributed by atoms with Crippen molar-refractivity contribution in [2.75, 3.05) is 11.9 Å². The van der Waals surface area contributed by atoms with Crippen LogP contribution < -0.4 is 10.6 Å². The molecular weight excluding hydrogens is 317 g/mol. The van der Waals surface area contributed by atoms with E-state index in [-0.39, 0.29) is 29.9 Å². The molecule has 124 valence electrons. The molecule has 0 radical (unpaired) electrons. The highest BCUT2D eigenvalue weighted by Crippen LogP contribution is 2.13. The second-order valence-corrected chi connectivity index (χ2v) is 4.84. The first kappa shape index (κ1) is 17.1. The van der Waals surface area contributed by atoms with Crippen LogP contribution in [0.1, 0.15) is 16.8 Å². The Hall–Kier alpha value is -3.29. The minimum Gasteiger partial charge on any atom is -0.352 e. The lowest BCUT2D eigenvalue weighted by atomic mass is 10.2. The number of nitro benzene ring substituents is 1. The SMILES string of the molecule is O=C(CCNC(=O)c1ccc([N+](=O)[O-])cc1)Nc1ccccc1F. The highest BCUT2D eigenvalue weighted by molar-refractivity contribution is 5.95. The molecule has 0 fully saturated rings. The van der Waals surface area contributed by atoms with Gasteiger partial charge in [0.25, 0.3) is 11.6 Å². The number of carbonyl (C=O) groups is 2. The first-order valence-corrected chi connectivity index (χ1v) is 7.04. The number of amides is 2. The summed E-state index contributed by atoms with van der Waals surface area (Å²) in [5, 5.41) is 15.5. The fraction of sp³-hybridized carbons (Fsp3) is 0.125. The maximum absolute atomic E-state index is 13.4. The van der Waals surface area contributed by atoms with Gasteiger partial charge < -0.3 is 10.6 Å². The lowest BCUT2D eigenvalue weighted by Gasteiger charge is -2.07. The molecule has 0 aliphatic carbocycles. The Kier molecular flexibility index (Phi) is 5.56.